The molecular formula is C22H24N4O2. The van der Waals surface area contributed by atoms with Crippen molar-refractivity contribution in [2.24, 2.45) is 0 Å². The van der Waals surface area contributed by atoms with Gasteiger partial charge in [0, 0.05) is 23.2 Å². The van der Waals surface area contributed by atoms with Crippen molar-refractivity contribution in [2.45, 2.75) is 57.9 Å². The van der Waals surface area contributed by atoms with Crippen molar-refractivity contribution in [2.75, 3.05) is 0 Å². The first-order valence-corrected chi connectivity index (χ1v) is 10.0. The van der Waals surface area contributed by atoms with Crippen molar-refractivity contribution in [3.63, 3.8) is 0 Å². The van der Waals surface area contributed by atoms with E-state index in [4.69, 9.17) is 4.52 Å². The van der Waals surface area contributed by atoms with Gasteiger partial charge >= 0.3 is 0 Å². The number of nitrogens with zero attached hydrogens (tertiary/aromatic N) is 3. The molecule has 6 heteroatoms. The Balaban J connectivity index is 1.39. The molecule has 1 N–H and O–H groups in total. The lowest BCUT2D eigenvalue weighted by Crippen LogP contribution is -2.31. The third kappa shape index (κ3) is 3.03. The Labute approximate surface area is 163 Å². The van der Waals surface area contributed by atoms with Crippen molar-refractivity contribution in [1.82, 2.24) is 20.3 Å². The lowest BCUT2D eigenvalue weighted by molar-refractivity contribution is 0.0923. The molecule has 2 aliphatic carbocycles. The Kier molecular flexibility index (Phi) is 4.07. The second-order valence-corrected chi connectivity index (χ2v) is 8.03. The van der Waals surface area contributed by atoms with Gasteiger partial charge in [-0.25, -0.2) is 4.68 Å². The van der Waals surface area contributed by atoms with Crippen molar-refractivity contribution in [1.29, 1.82) is 0 Å². The van der Waals surface area contributed by atoms with Crippen molar-refractivity contribution in [3.05, 3.63) is 64.3 Å². The van der Waals surface area contributed by atoms with E-state index < -0.39 is 0 Å². The minimum Gasteiger partial charge on any atom is -0.360 e. The predicted molar refractivity (Wildman–Crippen MR) is 105 cm³/mol. The number of benzene rings is 1. The molecule has 1 atom stereocenters. The Morgan fingerprint density at radius 1 is 1.18 bits per heavy atom. The van der Waals surface area contributed by atoms with Crippen LogP contribution in [-0.4, -0.2) is 20.8 Å². The second kappa shape index (κ2) is 6.62. The molecule has 1 fully saturated rings. The highest BCUT2D eigenvalue weighted by atomic mass is 16.5. The topological polar surface area (TPSA) is 73.0 Å². The quantitative estimate of drug-likeness (QED) is 0.742. The second-order valence-electron chi connectivity index (χ2n) is 8.03. The third-order valence-corrected chi connectivity index (χ3v) is 5.96. The fraction of sp³-hybridized carbons (Fsp3) is 0.409. The van der Waals surface area contributed by atoms with Crippen LogP contribution in [0.15, 0.2) is 35.0 Å². The molecule has 0 bridgehead atoms. The largest absolute Gasteiger partial charge is 0.360 e. The van der Waals surface area contributed by atoms with Gasteiger partial charge < -0.3 is 9.84 Å². The highest BCUT2D eigenvalue weighted by Crippen LogP contribution is 2.40. The van der Waals surface area contributed by atoms with E-state index in [1.807, 2.05) is 10.9 Å². The van der Waals surface area contributed by atoms with Crippen LogP contribution in [-0.2, 0) is 6.42 Å². The predicted octanol–water partition coefficient (Wildman–Crippen LogP) is 4.16. The summed E-state index contributed by atoms with van der Waals surface area (Å²) >= 11 is 0. The van der Waals surface area contributed by atoms with Crippen LogP contribution < -0.4 is 5.32 Å². The lowest BCUT2D eigenvalue weighted by Gasteiger charge is -2.24. The van der Waals surface area contributed by atoms with Gasteiger partial charge in [-0.3, -0.25) is 4.79 Å². The number of aryl methyl sites for hydroxylation is 2. The van der Waals surface area contributed by atoms with E-state index in [1.54, 1.807) is 6.07 Å². The fourth-order valence-electron chi connectivity index (χ4n) is 3.98. The maximum atomic E-state index is 12.7. The fourth-order valence-corrected chi connectivity index (χ4v) is 3.98. The summed E-state index contributed by atoms with van der Waals surface area (Å²) in [6.45, 7) is 4.23. The number of fused-ring (bicyclic) bond motifs is 1. The lowest BCUT2D eigenvalue weighted by atomic mass is 9.92. The van der Waals surface area contributed by atoms with Crippen LogP contribution in [0.2, 0.25) is 0 Å². The smallest absolute Gasteiger partial charge is 0.273 e. The summed E-state index contributed by atoms with van der Waals surface area (Å²) < 4.78 is 7.34. The van der Waals surface area contributed by atoms with Gasteiger partial charge in [0.05, 0.1) is 17.9 Å². The number of hydrogen-bond acceptors (Lipinski definition) is 4. The zero-order valence-electron chi connectivity index (χ0n) is 16.2. The van der Waals surface area contributed by atoms with Crippen LogP contribution >= 0.6 is 0 Å². The summed E-state index contributed by atoms with van der Waals surface area (Å²) in [7, 11) is 0. The summed E-state index contributed by atoms with van der Waals surface area (Å²) in [6, 6.07) is 8.14. The molecule has 0 aliphatic heterocycles. The maximum absolute atomic E-state index is 12.7. The number of carbonyl (C=O) groups is 1. The van der Waals surface area contributed by atoms with Crippen molar-refractivity contribution >= 4 is 5.91 Å². The minimum absolute atomic E-state index is 0.0439. The van der Waals surface area contributed by atoms with Gasteiger partial charge in [0.25, 0.3) is 5.91 Å². The van der Waals surface area contributed by atoms with Gasteiger partial charge in [-0.05, 0) is 69.2 Å². The van der Waals surface area contributed by atoms with Crippen LogP contribution in [0.5, 0.6) is 0 Å². The van der Waals surface area contributed by atoms with Gasteiger partial charge in [-0.15, -0.1) is 0 Å². The zero-order valence-corrected chi connectivity index (χ0v) is 16.2. The molecule has 1 saturated carbocycles. The Morgan fingerprint density at radius 2 is 2.04 bits per heavy atom. The minimum atomic E-state index is -0.174. The van der Waals surface area contributed by atoms with E-state index in [0.717, 1.165) is 49.1 Å². The molecule has 0 spiro atoms. The molecular weight excluding hydrogens is 352 g/mol. The number of rotatable bonds is 4. The van der Waals surface area contributed by atoms with Gasteiger partial charge in [0.15, 0.2) is 5.69 Å². The molecule has 28 heavy (non-hydrogen) atoms. The molecule has 2 aliphatic rings. The van der Waals surface area contributed by atoms with Crippen LogP contribution in [0.1, 0.15) is 76.3 Å². The summed E-state index contributed by atoms with van der Waals surface area (Å²) in [5.74, 6) is 1.11. The first kappa shape index (κ1) is 17.2. The molecule has 2 heterocycles. The number of hydrogen-bond donors (Lipinski definition) is 1. The van der Waals surface area contributed by atoms with Gasteiger partial charge in [0.1, 0.15) is 5.76 Å². The van der Waals surface area contributed by atoms with E-state index in [0.29, 0.717) is 11.6 Å². The maximum Gasteiger partial charge on any atom is 0.273 e. The Bertz CT molecular complexity index is 1040. The standard InChI is InChI=1S/C22H24N4O2/c1-13-6-9-16(10-14(13)2)26-20-5-3-4-18(17(20)12-23-26)24-22(27)19-11-21(28-25-19)15-7-8-15/h6,9-12,15,18H,3-5,7-8H2,1-2H3,(H,24,27)/t18-/m1/s1. The summed E-state index contributed by atoms with van der Waals surface area (Å²) in [5.41, 5.74) is 6.24. The highest BCUT2D eigenvalue weighted by Gasteiger charge is 2.30. The average Bonchev–Trinajstić information content (AvgIpc) is 3.25. The first-order valence-electron chi connectivity index (χ1n) is 10.0. The molecule has 5 rings (SSSR count). The van der Waals surface area contributed by atoms with E-state index in [1.165, 1.54) is 16.8 Å². The number of aromatic nitrogens is 3. The van der Waals surface area contributed by atoms with Crippen LogP contribution in [0.4, 0.5) is 0 Å². The van der Waals surface area contributed by atoms with E-state index >= 15 is 0 Å². The Morgan fingerprint density at radius 3 is 2.82 bits per heavy atom. The normalized spacial score (nSPS) is 18.7. The average molecular weight is 376 g/mol. The zero-order chi connectivity index (χ0) is 19.3. The molecule has 6 nitrogen and oxygen atoms in total. The summed E-state index contributed by atoms with van der Waals surface area (Å²) in [4.78, 5) is 12.7. The van der Waals surface area contributed by atoms with E-state index in [-0.39, 0.29) is 11.9 Å². The molecule has 3 aromatic rings. The first-order chi connectivity index (χ1) is 13.6. The van der Waals surface area contributed by atoms with Gasteiger partial charge in [-0.2, -0.15) is 5.10 Å². The van der Waals surface area contributed by atoms with Gasteiger partial charge in [0.2, 0.25) is 0 Å². The molecule has 2 aromatic heterocycles. The molecule has 0 unspecified atom stereocenters. The summed E-state index contributed by atoms with van der Waals surface area (Å²) in [6.07, 6.45) is 7.03. The Hall–Kier alpha value is -2.89. The number of amides is 1. The molecule has 144 valence electrons. The van der Waals surface area contributed by atoms with Crippen LogP contribution in [0, 0.1) is 13.8 Å². The molecule has 0 radical (unpaired) electrons. The summed E-state index contributed by atoms with van der Waals surface area (Å²) in [5, 5.41) is 11.7. The van der Waals surface area contributed by atoms with Crippen molar-refractivity contribution in [3.8, 4) is 5.69 Å². The third-order valence-electron chi connectivity index (χ3n) is 5.96. The highest BCUT2D eigenvalue weighted by molar-refractivity contribution is 5.92. The van der Waals surface area contributed by atoms with Crippen LogP contribution in [0.3, 0.4) is 0 Å². The van der Waals surface area contributed by atoms with Crippen molar-refractivity contribution < 1.29 is 9.32 Å². The molecule has 0 saturated heterocycles. The number of nitrogens with one attached hydrogen (secondary N) is 1. The van der Waals surface area contributed by atoms with E-state index in [9.17, 15) is 4.79 Å². The monoisotopic (exact) mass is 376 g/mol. The van der Waals surface area contributed by atoms with Crippen LogP contribution in [0.25, 0.3) is 5.69 Å². The number of carbonyl (C=O) groups excluding carboxylic acids is 1. The van der Waals surface area contributed by atoms with E-state index in [2.05, 4.69) is 47.6 Å². The van der Waals surface area contributed by atoms with Gasteiger partial charge in [-0.1, -0.05) is 11.2 Å². The molecule has 1 amide bonds. The molecule has 1 aromatic carbocycles. The SMILES string of the molecule is Cc1ccc(-n2ncc3c2CCC[C@H]3NC(=O)c2cc(C3CC3)on2)cc1C.